The van der Waals surface area contributed by atoms with Crippen LogP contribution in [0.15, 0.2) is 30.3 Å². The van der Waals surface area contributed by atoms with Crippen molar-refractivity contribution in [3.8, 4) is 0 Å². The van der Waals surface area contributed by atoms with Crippen LogP contribution in [0, 0.1) is 0 Å². The molecule has 0 radical (unpaired) electrons. The van der Waals surface area contributed by atoms with E-state index in [4.69, 9.17) is 30.5 Å². The highest BCUT2D eigenvalue weighted by molar-refractivity contribution is 6.18. The Morgan fingerprint density at radius 1 is 1.35 bits per heavy atom. The molecule has 2 aliphatic heterocycles. The topological polar surface area (TPSA) is 36.9 Å². The molecule has 0 amide bonds. The molecule has 3 rings (SSSR count). The summed E-state index contributed by atoms with van der Waals surface area (Å²) in [4.78, 5) is 0. The first-order valence-electron chi connectivity index (χ1n) is 6.83. The van der Waals surface area contributed by atoms with E-state index in [2.05, 4.69) is 0 Å². The Bertz CT molecular complexity index is 450. The number of hydrogen-bond donors (Lipinski definition) is 0. The minimum atomic E-state index is -0.870. The van der Waals surface area contributed by atoms with Crippen molar-refractivity contribution in [2.75, 3.05) is 19.6 Å². The molecule has 2 heterocycles. The van der Waals surface area contributed by atoms with Crippen molar-refractivity contribution in [3.05, 3.63) is 35.9 Å². The van der Waals surface area contributed by atoms with Crippen LogP contribution in [0.2, 0.25) is 0 Å². The van der Waals surface area contributed by atoms with Gasteiger partial charge in [0, 0.05) is 13.5 Å². The maximum atomic E-state index is 6.05. The van der Waals surface area contributed by atoms with Gasteiger partial charge in [-0.2, -0.15) is 0 Å². The van der Waals surface area contributed by atoms with E-state index in [-0.39, 0.29) is 12.0 Å². The van der Waals surface area contributed by atoms with Crippen LogP contribution in [0.25, 0.3) is 0 Å². The zero-order chi connectivity index (χ0) is 14.1. The SMILES string of the molecule is COC1CCC2(OCc3ccccc3)COC1(CCl)O2. The zero-order valence-corrected chi connectivity index (χ0v) is 12.3. The van der Waals surface area contributed by atoms with Crippen LogP contribution in [0.4, 0.5) is 0 Å². The van der Waals surface area contributed by atoms with Crippen molar-refractivity contribution in [2.45, 2.75) is 37.1 Å². The fourth-order valence-electron chi connectivity index (χ4n) is 2.84. The number of rotatable bonds is 5. The van der Waals surface area contributed by atoms with Crippen LogP contribution in [0.5, 0.6) is 0 Å². The van der Waals surface area contributed by atoms with Gasteiger partial charge in [-0.1, -0.05) is 30.3 Å². The van der Waals surface area contributed by atoms with Crippen molar-refractivity contribution in [1.82, 2.24) is 0 Å². The Labute approximate surface area is 123 Å². The van der Waals surface area contributed by atoms with Gasteiger partial charge in [0.2, 0.25) is 5.79 Å². The quantitative estimate of drug-likeness (QED) is 0.783. The predicted octanol–water partition coefficient (Wildman–Crippen LogP) is 2.69. The molecule has 2 fully saturated rings. The summed E-state index contributed by atoms with van der Waals surface area (Å²) in [5, 5.41) is 0. The molecular formula is C15H19ClO4. The van der Waals surface area contributed by atoms with E-state index in [1.165, 1.54) is 0 Å². The maximum Gasteiger partial charge on any atom is 0.211 e. The lowest BCUT2D eigenvalue weighted by Crippen LogP contribution is -2.53. The summed E-state index contributed by atoms with van der Waals surface area (Å²) in [6.07, 6.45) is 1.42. The first kappa shape index (κ1) is 14.3. The number of hydrogen-bond acceptors (Lipinski definition) is 4. The maximum absolute atomic E-state index is 6.05. The summed E-state index contributed by atoms with van der Waals surface area (Å²) < 4.78 is 23.3. The number of methoxy groups -OCH3 is 1. The summed E-state index contributed by atoms with van der Waals surface area (Å²) in [5.41, 5.74) is 1.11. The molecule has 1 aromatic carbocycles. The molecule has 3 unspecified atom stereocenters. The third-order valence-corrected chi connectivity index (χ3v) is 4.36. The smallest absolute Gasteiger partial charge is 0.211 e. The van der Waals surface area contributed by atoms with E-state index in [1.807, 2.05) is 30.3 Å². The third-order valence-electron chi connectivity index (χ3n) is 3.99. The van der Waals surface area contributed by atoms with Gasteiger partial charge in [-0.25, -0.2) is 0 Å². The summed E-state index contributed by atoms with van der Waals surface area (Å²) in [6, 6.07) is 10.0. The molecule has 0 saturated carbocycles. The predicted molar refractivity (Wildman–Crippen MR) is 74.5 cm³/mol. The summed E-state index contributed by atoms with van der Waals surface area (Å²) in [6.45, 7) is 0.895. The number of fused-ring (bicyclic) bond motifs is 2. The van der Waals surface area contributed by atoms with Crippen LogP contribution in [0.1, 0.15) is 18.4 Å². The molecule has 20 heavy (non-hydrogen) atoms. The van der Waals surface area contributed by atoms with Crippen molar-refractivity contribution in [3.63, 3.8) is 0 Å². The van der Waals surface area contributed by atoms with Gasteiger partial charge in [-0.15, -0.1) is 11.6 Å². The average Bonchev–Trinajstić information content (AvgIpc) is 2.82. The largest absolute Gasteiger partial charge is 0.376 e. The summed E-state index contributed by atoms with van der Waals surface area (Å²) in [7, 11) is 1.65. The van der Waals surface area contributed by atoms with Gasteiger partial charge >= 0.3 is 0 Å². The van der Waals surface area contributed by atoms with E-state index in [9.17, 15) is 0 Å². The van der Waals surface area contributed by atoms with Crippen LogP contribution in [-0.2, 0) is 25.6 Å². The Morgan fingerprint density at radius 2 is 2.15 bits per heavy atom. The van der Waals surface area contributed by atoms with Crippen molar-refractivity contribution in [1.29, 1.82) is 0 Å². The third kappa shape index (κ3) is 2.47. The van der Waals surface area contributed by atoms with Crippen LogP contribution >= 0.6 is 11.6 Å². The summed E-state index contributed by atoms with van der Waals surface area (Å²) in [5.74, 6) is -1.33. The van der Waals surface area contributed by atoms with E-state index >= 15 is 0 Å². The van der Waals surface area contributed by atoms with Gasteiger partial charge in [-0.3, -0.25) is 0 Å². The average molecular weight is 299 g/mol. The minimum absolute atomic E-state index is 0.143. The Balaban J connectivity index is 1.69. The standard InChI is InChI=1S/C15H19ClO4/c1-17-13-7-8-14(11-19-15(13,10-16)20-14)18-9-12-5-3-2-4-6-12/h2-6,13H,7-11H2,1H3. The molecule has 3 atom stereocenters. The van der Waals surface area contributed by atoms with E-state index < -0.39 is 11.6 Å². The normalized spacial score (nSPS) is 36.2. The number of ether oxygens (including phenoxy) is 4. The second kappa shape index (κ2) is 5.62. The molecule has 2 aliphatic rings. The molecule has 4 nitrogen and oxygen atoms in total. The molecule has 0 aromatic heterocycles. The van der Waals surface area contributed by atoms with Crippen LogP contribution in [0.3, 0.4) is 0 Å². The molecule has 5 heteroatoms. The van der Waals surface area contributed by atoms with Crippen molar-refractivity contribution in [2.24, 2.45) is 0 Å². The van der Waals surface area contributed by atoms with Crippen molar-refractivity contribution < 1.29 is 18.9 Å². The lowest BCUT2D eigenvalue weighted by molar-refractivity contribution is -0.318. The number of alkyl halides is 1. The lowest BCUT2D eigenvalue weighted by Gasteiger charge is -2.41. The first-order chi connectivity index (χ1) is 9.72. The molecule has 2 saturated heterocycles. The molecular weight excluding hydrogens is 280 g/mol. The minimum Gasteiger partial charge on any atom is -0.376 e. The monoisotopic (exact) mass is 298 g/mol. The second-order valence-electron chi connectivity index (χ2n) is 5.28. The van der Waals surface area contributed by atoms with Gasteiger partial charge in [-0.05, 0) is 12.0 Å². The fourth-order valence-corrected chi connectivity index (χ4v) is 3.14. The van der Waals surface area contributed by atoms with Crippen molar-refractivity contribution >= 4 is 11.6 Å². The van der Waals surface area contributed by atoms with Gasteiger partial charge in [0.25, 0.3) is 0 Å². The molecule has 1 aromatic rings. The number of benzene rings is 1. The van der Waals surface area contributed by atoms with E-state index in [0.29, 0.717) is 13.2 Å². The number of halogens is 1. The van der Waals surface area contributed by atoms with E-state index in [0.717, 1.165) is 18.4 Å². The highest BCUT2D eigenvalue weighted by Gasteiger charge is 2.59. The summed E-state index contributed by atoms with van der Waals surface area (Å²) >= 11 is 6.03. The molecule has 0 aliphatic carbocycles. The molecule has 0 N–H and O–H groups in total. The molecule has 110 valence electrons. The van der Waals surface area contributed by atoms with Crippen LogP contribution < -0.4 is 0 Å². The fraction of sp³-hybridized carbons (Fsp3) is 0.600. The lowest BCUT2D eigenvalue weighted by atomic mass is 9.99. The zero-order valence-electron chi connectivity index (χ0n) is 11.5. The molecule has 2 bridgehead atoms. The van der Waals surface area contributed by atoms with E-state index in [1.54, 1.807) is 7.11 Å². The van der Waals surface area contributed by atoms with Gasteiger partial charge < -0.3 is 18.9 Å². The van der Waals surface area contributed by atoms with Gasteiger partial charge in [0.05, 0.1) is 12.5 Å². The Kier molecular flexibility index (Phi) is 4.02. The highest BCUT2D eigenvalue weighted by Crippen LogP contribution is 2.46. The van der Waals surface area contributed by atoms with Crippen LogP contribution in [-0.4, -0.2) is 37.3 Å². The Hall–Kier alpha value is -0.650. The second-order valence-corrected chi connectivity index (χ2v) is 5.55. The highest BCUT2D eigenvalue weighted by atomic mass is 35.5. The van der Waals surface area contributed by atoms with Gasteiger partial charge in [0.15, 0.2) is 5.79 Å². The van der Waals surface area contributed by atoms with Gasteiger partial charge in [0.1, 0.15) is 12.7 Å². The Morgan fingerprint density at radius 3 is 2.85 bits per heavy atom. The first-order valence-corrected chi connectivity index (χ1v) is 7.36. The molecule has 0 spiro atoms.